The van der Waals surface area contributed by atoms with Crippen LogP contribution < -0.4 is 10.2 Å². The topological polar surface area (TPSA) is 32.3 Å². The van der Waals surface area contributed by atoms with Gasteiger partial charge in [-0.3, -0.25) is 4.79 Å². The first kappa shape index (κ1) is 16.5. The third-order valence-corrected chi connectivity index (χ3v) is 4.91. The zero-order chi connectivity index (χ0) is 17.5. The van der Waals surface area contributed by atoms with Gasteiger partial charge in [0, 0.05) is 12.7 Å². The predicted octanol–water partition coefficient (Wildman–Crippen LogP) is 4.64. The highest BCUT2D eigenvalue weighted by molar-refractivity contribution is 6.08. The SMILES string of the molecule is CCC(c1cccc(NC)c1)N1C(=O)C(C)(C)c2cccc(F)c21. The number of fused-ring (bicyclic) bond motifs is 1. The fourth-order valence-corrected chi connectivity index (χ4v) is 3.55. The molecule has 0 aromatic heterocycles. The van der Waals surface area contributed by atoms with Crippen LogP contribution in [0, 0.1) is 5.82 Å². The Balaban J connectivity index is 2.15. The van der Waals surface area contributed by atoms with Crippen molar-refractivity contribution >= 4 is 17.3 Å². The summed E-state index contributed by atoms with van der Waals surface area (Å²) >= 11 is 0. The number of nitrogens with zero attached hydrogens (tertiary/aromatic N) is 1. The molecule has 0 spiro atoms. The lowest BCUT2D eigenvalue weighted by molar-refractivity contribution is -0.122. The molecule has 2 aromatic carbocycles. The number of amides is 1. The van der Waals surface area contributed by atoms with E-state index in [1.165, 1.54) is 6.07 Å². The van der Waals surface area contributed by atoms with Gasteiger partial charge in [0.15, 0.2) is 0 Å². The van der Waals surface area contributed by atoms with E-state index < -0.39 is 5.41 Å². The van der Waals surface area contributed by atoms with Crippen molar-refractivity contribution in [3.05, 3.63) is 59.4 Å². The largest absolute Gasteiger partial charge is 0.388 e. The summed E-state index contributed by atoms with van der Waals surface area (Å²) in [5, 5.41) is 3.12. The van der Waals surface area contributed by atoms with Crippen LogP contribution in [-0.2, 0) is 10.2 Å². The molecule has 126 valence electrons. The zero-order valence-electron chi connectivity index (χ0n) is 14.6. The van der Waals surface area contributed by atoms with Gasteiger partial charge in [-0.05, 0) is 49.6 Å². The van der Waals surface area contributed by atoms with Gasteiger partial charge in [-0.2, -0.15) is 0 Å². The van der Waals surface area contributed by atoms with Crippen LogP contribution in [-0.4, -0.2) is 13.0 Å². The van der Waals surface area contributed by atoms with E-state index in [2.05, 4.69) is 5.32 Å². The third-order valence-electron chi connectivity index (χ3n) is 4.91. The van der Waals surface area contributed by atoms with Gasteiger partial charge >= 0.3 is 0 Å². The molecule has 1 amide bonds. The van der Waals surface area contributed by atoms with E-state index in [4.69, 9.17) is 0 Å². The average molecular weight is 326 g/mol. The minimum atomic E-state index is -0.717. The van der Waals surface area contributed by atoms with Crippen molar-refractivity contribution in [2.24, 2.45) is 0 Å². The Morgan fingerprint density at radius 2 is 1.92 bits per heavy atom. The highest BCUT2D eigenvalue weighted by Gasteiger charge is 2.47. The maximum absolute atomic E-state index is 14.6. The number of halogens is 1. The third kappa shape index (κ3) is 2.37. The molecule has 1 aliphatic rings. The molecular formula is C20H23FN2O. The highest BCUT2D eigenvalue weighted by atomic mass is 19.1. The Kier molecular flexibility index (Phi) is 4.08. The first-order valence-corrected chi connectivity index (χ1v) is 8.32. The van der Waals surface area contributed by atoms with E-state index in [1.54, 1.807) is 11.0 Å². The van der Waals surface area contributed by atoms with Crippen LogP contribution in [0.1, 0.15) is 44.4 Å². The lowest BCUT2D eigenvalue weighted by atomic mass is 9.86. The summed E-state index contributed by atoms with van der Waals surface area (Å²) in [6.07, 6.45) is 0.711. The van der Waals surface area contributed by atoms with E-state index in [9.17, 15) is 9.18 Å². The number of benzene rings is 2. The van der Waals surface area contributed by atoms with Crippen molar-refractivity contribution in [3.63, 3.8) is 0 Å². The van der Waals surface area contributed by atoms with Crippen molar-refractivity contribution in [3.8, 4) is 0 Å². The molecule has 1 heterocycles. The summed E-state index contributed by atoms with van der Waals surface area (Å²) in [7, 11) is 1.86. The molecule has 2 aromatic rings. The van der Waals surface area contributed by atoms with Gasteiger partial charge in [0.1, 0.15) is 5.82 Å². The molecule has 0 aliphatic carbocycles. The van der Waals surface area contributed by atoms with Gasteiger partial charge < -0.3 is 10.2 Å². The minimum Gasteiger partial charge on any atom is -0.388 e. The van der Waals surface area contributed by atoms with E-state index >= 15 is 0 Å². The van der Waals surface area contributed by atoms with Crippen molar-refractivity contribution < 1.29 is 9.18 Å². The number of hydrogen-bond acceptors (Lipinski definition) is 2. The Bertz CT molecular complexity index is 785. The van der Waals surface area contributed by atoms with Gasteiger partial charge in [-0.15, -0.1) is 0 Å². The van der Waals surface area contributed by atoms with Crippen LogP contribution in [0.25, 0.3) is 0 Å². The van der Waals surface area contributed by atoms with Crippen molar-refractivity contribution in [2.45, 2.75) is 38.6 Å². The Morgan fingerprint density at radius 3 is 2.58 bits per heavy atom. The van der Waals surface area contributed by atoms with Gasteiger partial charge in [0.2, 0.25) is 5.91 Å². The summed E-state index contributed by atoms with van der Waals surface area (Å²) in [6.45, 7) is 5.75. The van der Waals surface area contributed by atoms with E-state index in [0.717, 1.165) is 16.8 Å². The normalized spacial score (nSPS) is 16.9. The second-order valence-electron chi connectivity index (χ2n) is 6.74. The van der Waals surface area contributed by atoms with Crippen molar-refractivity contribution in [1.29, 1.82) is 0 Å². The highest BCUT2D eigenvalue weighted by Crippen LogP contribution is 2.47. The predicted molar refractivity (Wildman–Crippen MR) is 95.9 cm³/mol. The Morgan fingerprint density at radius 1 is 1.21 bits per heavy atom. The molecule has 24 heavy (non-hydrogen) atoms. The van der Waals surface area contributed by atoms with Crippen molar-refractivity contribution in [2.75, 3.05) is 17.3 Å². The monoisotopic (exact) mass is 326 g/mol. The molecule has 1 unspecified atom stereocenters. The lowest BCUT2D eigenvalue weighted by Crippen LogP contribution is -2.38. The molecule has 0 saturated heterocycles. The van der Waals surface area contributed by atoms with E-state index in [1.807, 2.05) is 58.2 Å². The molecular weight excluding hydrogens is 303 g/mol. The Hall–Kier alpha value is -2.36. The summed E-state index contributed by atoms with van der Waals surface area (Å²) in [6, 6.07) is 12.7. The molecule has 0 saturated carbocycles. The molecule has 0 bridgehead atoms. The molecule has 0 radical (unpaired) electrons. The molecule has 1 atom stereocenters. The van der Waals surface area contributed by atoms with Gasteiger partial charge in [0.05, 0.1) is 17.1 Å². The van der Waals surface area contributed by atoms with Gasteiger partial charge in [0.25, 0.3) is 0 Å². The molecule has 3 rings (SSSR count). The fraction of sp³-hybridized carbons (Fsp3) is 0.350. The molecule has 1 aliphatic heterocycles. The second-order valence-corrected chi connectivity index (χ2v) is 6.74. The maximum atomic E-state index is 14.6. The number of hydrogen-bond donors (Lipinski definition) is 1. The standard InChI is InChI=1S/C20H23FN2O/c1-5-17(13-8-6-9-14(12-13)22-4)23-18-15(10-7-11-16(18)21)20(2,3)19(23)24/h6-12,17,22H,5H2,1-4H3. The average Bonchev–Trinajstić information content (AvgIpc) is 2.78. The smallest absolute Gasteiger partial charge is 0.237 e. The van der Waals surface area contributed by atoms with Crippen LogP contribution in [0.4, 0.5) is 15.8 Å². The number of carbonyl (C=O) groups is 1. The molecule has 1 N–H and O–H groups in total. The summed E-state index contributed by atoms with van der Waals surface area (Å²) in [5.41, 5.74) is 2.45. The number of para-hydroxylation sites is 1. The van der Waals surface area contributed by atoms with Gasteiger partial charge in [-0.25, -0.2) is 4.39 Å². The van der Waals surface area contributed by atoms with Crippen LogP contribution in [0.15, 0.2) is 42.5 Å². The van der Waals surface area contributed by atoms with E-state index in [0.29, 0.717) is 12.1 Å². The fourth-order valence-electron chi connectivity index (χ4n) is 3.55. The quantitative estimate of drug-likeness (QED) is 0.887. The van der Waals surface area contributed by atoms with Crippen LogP contribution in [0.5, 0.6) is 0 Å². The second kappa shape index (κ2) is 5.93. The van der Waals surface area contributed by atoms with Gasteiger partial charge in [-0.1, -0.05) is 31.2 Å². The van der Waals surface area contributed by atoms with Crippen LogP contribution >= 0.6 is 0 Å². The maximum Gasteiger partial charge on any atom is 0.237 e. The molecule has 0 fully saturated rings. The minimum absolute atomic E-state index is 0.0516. The zero-order valence-corrected chi connectivity index (χ0v) is 14.6. The number of carbonyl (C=O) groups excluding carboxylic acids is 1. The summed E-state index contributed by atoms with van der Waals surface area (Å²) in [4.78, 5) is 14.8. The van der Waals surface area contributed by atoms with E-state index in [-0.39, 0.29) is 17.8 Å². The first-order chi connectivity index (χ1) is 11.4. The Labute approximate surface area is 142 Å². The van der Waals surface area contributed by atoms with Crippen LogP contribution in [0.3, 0.4) is 0 Å². The molecule has 3 nitrogen and oxygen atoms in total. The summed E-state index contributed by atoms with van der Waals surface area (Å²) < 4.78 is 14.6. The number of nitrogens with one attached hydrogen (secondary N) is 1. The summed E-state index contributed by atoms with van der Waals surface area (Å²) in [5.74, 6) is -0.390. The van der Waals surface area contributed by atoms with Crippen molar-refractivity contribution in [1.82, 2.24) is 0 Å². The van der Waals surface area contributed by atoms with Crippen LogP contribution in [0.2, 0.25) is 0 Å². The lowest BCUT2D eigenvalue weighted by Gasteiger charge is -2.30. The number of rotatable bonds is 4. The number of anilines is 2. The first-order valence-electron chi connectivity index (χ1n) is 8.32. The molecule has 4 heteroatoms.